The van der Waals surface area contributed by atoms with Crippen LogP contribution in [-0.4, -0.2) is 39.0 Å². The molecular weight excluding hydrogens is 364 g/mol. The molecule has 1 aromatic carbocycles. The van der Waals surface area contributed by atoms with Gasteiger partial charge in [0, 0.05) is 17.1 Å². The van der Waals surface area contributed by atoms with Gasteiger partial charge in [0.25, 0.3) is 0 Å². The third-order valence-corrected chi connectivity index (χ3v) is 6.61. The van der Waals surface area contributed by atoms with Gasteiger partial charge < -0.3 is 4.90 Å². The van der Waals surface area contributed by atoms with E-state index in [9.17, 15) is 8.42 Å². The second-order valence-corrected chi connectivity index (χ2v) is 8.45. The van der Waals surface area contributed by atoms with Crippen LogP contribution in [0.25, 0.3) is 0 Å². The Morgan fingerprint density at radius 1 is 1.30 bits per heavy atom. The zero-order valence-corrected chi connectivity index (χ0v) is 14.0. The summed E-state index contributed by atoms with van der Waals surface area (Å²) in [6.07, 6.45) is 2.14. The lowest BCUT2D eigenvalue weighted by molar-refractivity contribution is 0.0827. The Labute approximate surface area is 132 Å². The van der Waals surface area contributed by atoms with Crippen molar-refractivity contribution in [1.82, 2.24) is 9.62 Å². The summed E-state index contributed by atoms with van der Waals surface area (Å²) in [5, 5.41) is 0.244. The second-order valence-electron chi connectivity index (χ2n) is 5.44. The van der Waals surface area contributed by atoms with E-state index in [4.69, 9.17) is 11.6 Å². The van der Waals surface area contributed by atoms with Crippen molar-refractivity contribution in [2.24, 2.45) is 5.92 Å². The van der Waals surface area contributed by atoms with Gasteiger partial charge in [-0.3, -0.25) is 0 Å². The first-order chi connectivity index (χ1) is 9.45. The number of sulfonamides is 1. The summed E-state index contributed by atoms with van der Waals surface area (Å²) >= 11 is 9.33. The summed E-state index contributed by atoms with van der Waals surface area (Å²) in [6.45, 7) is 2.97. The highest BCUT2D eigenvalue weighted by Crippen LogP contribution is 2.30. The molecule has 1 atom stereocenters. The van der Waals surface area contributed by atoms with Gasteiger partial charge in [-0.25, -0.2) is 13.1 Å². The first-order valence-electron chi connectivity index (χ1n) is 6.65. The lowest BCUT2D eigenvalue weighted by Crippen LogP contribution is -2.57. The molecule has 0 spiro atoms. The molecule has 0 aromatic heterocycles. The molecule has 3 aliphatic heterocycles. The predicted octanol–water partition coefficient (Wildman–Crippen LogP) is 2.47. The van der Waals surface area contributed by atoms with Gasteiger partial charge in [-0.05, 0) is 50.0 Å². The minimum absolute atomic E-state index is 0.00205. The van der Waals surface area contributed by atoms with Gasteiger partial charge in [0.2, 0.25) is 10.0 Å². The summed E-state index contributed by atoms with van der Waals surface area (Å²) in [6, 6.07) is 4.84. The van der Waals surface area contributed by atoms with Crippen molar-refractivity contribution in [1.29, 1.82) is 0 Å². The van der Waals surface area contributed by atoms with Crippen LogP contribution < -0.4 is 4.72 Å². The van der Waals surface area contributed by atoms with E-state index in [0.717, 1.165) is 36.9 Å². The van der Waals surface area contributed by atoms with Crippen LogP contribution in [0.5, 0.6) is 0 Å². The average Bonchev–Trinajstić information content (AvgIpc) is 2.39. The molecule has 1 unspecified atom stereocenters. The normalized spacial score (nSPS) is 29.6. The maximum atomic E-state index is 12.5. The number of hydrogen-bond acceptors (Lipinski definition) is 3. The molecule has 1 N–H and O–H groups in total. The van der Waals surface area contributed by atoms with Crippen molar-refractivity contribution < 1.29 is 8.42 Å². The molecule has 0 radical (unpaired) electrons. The molecule has 0 amide bonds. The molecule has 3 saturated heterocycles. The number of halogens is 2. The summed E-state index contributed by atoms with van der Waals surface area (Å²) in [5.41, 5.74) is 0. The number of piperidine rings is 3. The van der Waals surface area contributed by atoms with E-state index in [1.165, 1.54) is 6.07 Å². The highest BCUT2D eigenvalue weighted by molar-refractivity contribution is 9.10. The number of nitrogens with one attached hydrogen (secondary N) is 1. The minimum Gasteiger partial charge on any atom is -0.302 e. The van der Waals surface area contributed by atoms with Gasteiger partial charge in [0.05, 0.1) is 5.02 Å². The molecule has 3 fully saturated rings. The molecule has 7 heteroatoms. The van der Waals surface area contributed by atoms with Gasteiger partial charge in [-0.2, -0.15) is 0 Å². The molecule has 2 bridgehead atoms. The van der Waals surface area contributed by atoms with E-state index in [2.05, 4.69) is 25.6 Å². The molecule has 0 saturated carbocycles. The van der Waals surface area contributed by atoms with E-state index in [0.29, 0.717) is 5.92 Å². The van der Waals surface area contributed by atoms with Gasteiger partial charge >= 0.3 is 0 Å². The van der Waals surface area contributed by atoms with Crippen LogP contribution in [0, 0.1) is 5.92 Å². The van der Waals surface area contributed by atoms with E-state index in [-0.39, 0.29) is 16.0 Å². The maximum Gasteiger partial charge on any atom is 0.242 e. The standard InChI is InChI=1S/C13H16BrClN2O2S/c14-10-1-2-13(11(15)7-10)20(18,19)16-12-8-17-5-3-9(12)4-6-17/h1-2,7,9,12,16H,3-6,8H2. The first-order valence-corrected chi connectivity index (χ1v) is 9.31. The SMILES string of the molecule is O=S(=O)(NC1CN2CCC1CC2)c1ccc(Br)cc1Cl. The third kappa shape index (κ3) is 2.90. The van der Waals surface area contributed by atoms with Crippen molar-refractivity contribution in [3.63, 3.8) is 0 Å². The Bertz CT molecular complexity index is 615. The number of benzene rings is 1. The highest BCUT2D eigenvalue weighted by Gasteiger charge is 2.36. The van der Waals surface area contributed by atoms with Crippen molar-refractivity contribution >= 4 is 37.6 Å². The van der Waals surface area contributed by atoms with Gasteiger partial charge in [-0.15, -0.1) is 0 Å². The van der Waals surface area contributed by atoms with Gasteiger partial charge in [-0.1, -0.05) is 27.5 Å². The summed E-state index contributed by atoms with van der Waals surface area (Å²) in [7, 11) is -3.56. The van der Waals surface area contributed by atoms with E-state index in [1.807, 2.05) is 0 Å². The quantitative estimate of drug-likeness (QED) is 0.878. The molecule has 0 aliphatic carbocycles. The fraction of sp³-hybridized carbons (Fsp3) is 0.538. The summed E-state index contributed by atoms with van der Waals surface area (Å²) in [4.78, 5) is 2.47. The Hall–Kier alpha value is -0.140. The van der Waals surface area contributed by atoms with E-state index in [1.54, 1.807) is 12.1 Å². The molecule has 20 heavy (non-hydrogen) atoms. The van der Waals surface area contributed by atoms with Crippen LogP contribution in [-0.2, 0) is 10.0 Å². The van der Waals surface area contributed by atoms with Crippen LogP contribution in [0.4, 0.5) is 0 Å². The fourth-order valence-electron chi connectivity index (χ4n) is 3.05. The Morgan fingerprint density at radius 3 is 2.55 bits per heavy atom. The number of rotatable bonds is 3. The van der Waals surface area contributed by atoms with Gasteiger partial charge in [0.15, 0.2) is 0 Å². The van der Waals surface area contributed by atoms with Crippen molar-refractivity contribution in [3.8, 4) is 0 Å². The maximum absolute atomic E-state index is 12.5. The molecule has 3 heterocycles. The zero-order valence-electron chi connectivity index (χ0n) is 10.9. The zero-order chi connectivity index (χ0) is 14.3. The van der Waals surface area contributed by atoms with Crippen molar-refractivity contribution in [3.05, 3.63) is 27.7 Å². The smallest absolute Gasteiger partial charge is 0.242 e. The lowest BCUT2D eigenvalue weighted by atomic mass is 9.85. The highest BCUT2D eigenvalue weighted by atomic mass is 79.9. The minimum atomic E-state index is -3.56. The van der Waals surface area contributed by atoms with Crippen LogP contribution >= 0.6 is 27.5 Å². The topological polar surface area (TPSA) is 49.4 Å². The van der Waals surface area contributed by atoms with Crippen molar-refractivity contribution in [2.45, 2.75) is 23.8 Å². The monoisotopic (exact) mass is 378 g/mol. The third-order valence-electron chi connectivity index (χ3n) is 4.15. The molecule has 110 valence electrons. The van der Waals surface area contributed by atoms with Gasteiger partial charge in [0.1, 0.15) is 4.90 Å². The van der Waals surface area contributed by atoms with Crippen LogP contribution in [0.2, 0.25) is 5.02 Å². The largest absolute Gasteiger partial charge is 0.302 e. The van der Waals surface area contributed by atoms with E-state index < -0.39 is 10.0 Å². The molecule has 3 aliphatic rings. The van der Waals surface area contributed by atoms with Crippen LogP contribution in [0.1, 0.15) is 12.8 Å². The predicted molar refractivity (Wildman–Crippen MR) is 82.4 cm³/mol. The number of nitrogens with zero attached hydrogens (tertiary/aromatic N) is 1. The number of fused-ring (bicyclic) bond motifs is 3. The molecule has 4 nitrogen and oxygen atoms in total. The van der Waals surface area contributed by atoms with Crippen LogP contribution in [0.15, 0.2) is 27.6 Å². The number of hydrogen-bond donors (Lipinski definition) is 1. The fourth-order valence-corrected chi connectivity index (χ4v) is 5.39. The van der Waals surface area contributed by atoms with E-state index >= 15 is 0 Å². The second kappa shape index (κ2) is 5.57. The Kier molecular flexibility index (Phi) is 4.12. The first kappa shape index (κ1) is 14.8. The summed E-state index contributed by atoms with van der Waals surface area (Å²) < 4.78 is 28.6. The lowest BCUT2D eigenvalue weighted by Gasteiger charge is -2.44. The summed E-state index contributed by atoms with van der Waals surface area (Å²) in [5.74, 6) is 0.448. The molecule has 4 rings (SSSR count). The Balaban J connectivity index is 1.82. The van der Waals surface area contributed by atoms with Crippen molar-refractivity contribution in [2.75, 3.05) is 19.6 Å². The molecule has 1 aromatic rings. The van der Waals surface area contributed by atoms with Crippen LogP contribution in [0.3, 0.4) is 0 Å². The molecular formula is C13H16BrClN2O2S. The Morgan fingerprint density at radius 2 is 2.00 bits per heavy atom. The average molecular weight is 380 g/mol.